The number of aryl methyl sites for hydroxylation is 1. The number of nitrogens with one attached hydrogen (secondary N) is 2. The van der Waals surface area contributed by atoms with Crippen molar-refractivity contribution < 1.29 is 0 Å². The van der Waals surface area contributed by atoms with Crippen molar-refractivity contribution in [3.8, 4) is 0 Å². The Morgan fingerprint density at radius 2 is 2.37 bits per heavy atom. The lowest BCUT2D eigenvalue weighted by atomic mass is 10.0. The fourth-order valence-electron chi connectivity index (χ4n) is 2.78. The Bertz CT molecular complexity index is 739. The molecule has 1 aliphatic rings. The van der Waals surface area contributed by atoms with Crippen LogP contribution in [0.3, 0.4) is 0 Å². The summed E-state index contributed by atoms with van der Waals surface area (Å²) in [6.07, 6.45) is 4.75. The summed E-state index contributed by atoms with van der Waals surface area (Å²) in [5.74, 6) is 0. The number of pyridine rings is 1. The molecule has 0 saturated carbocycles. The van der Waals surface area contributed by atoms with Gasteiger partial charge >= 0.3 is 0 Å². The van der Waals surface area contributed by atoms with Crippen molar-refractivity contribution in [1.29, 1.82) is 0 Å². The number of hydrogen-bond donors (Lipinski definition) is 2. The SMILES string of the molecule is Cc1cccn2nc(C3NCCc4[nH]cnc43)cc12. The number of nitrogens with zero attached hydrogens (tertiary/aromatic N) is 3. The molecule has 0 fully saturated rings. The summed E-state index contributed by atoms with van der Waals surface area (Å²) in [4.78, 5) is 7.66. The van der Waals surface area contributed by atoms with Crippen LogP contribution in [0.1, 0.15) is 28.7 Å². The minimum atomic E-state index is 0.0919. The molecule has 0 saturated heterocycles. The standard InChI is InChI=1S/C14H15N5/c1-9-3-2-6-19-12(9)7-11(18-19)14-13-10(4-5-15-14)16-8-17-13/h2-3,6-8,14-15H,4-5H2,1H3,(H,16,17). The van der Waals surface area contributed by atoms with E-state index < -0.39 is 0 Å². The molecule has 0 aromatic carbocycles. The maximum Gasteiger partial charge on any atom is 0.0962 e. The van der Waals surface area contributed by atoms with Gasteiger partial charge < -0.3 is 10.3 Å². The second kappa shape index (κ2) is 3.93. The van der Waals surface area contributed by atoms with Crippen molar-refractivity contribution in [2.45, 2.75) is 19.4 Å². The Balaban J connectivity index is 1.86. The highest BCUT2D eigenvalue weighted by Crippen LogP contribution is 2.26. The molecule has 0 spiro atoms. The Kier molecular flexibility index (Phi) is 2.22. The fourth-order valence-corrected chi connectivity index (χ4v) is 2.78. The Morgan fingerprint density at radius 1 is 1.42 bits per heavy atom. The zero-order valence-corrected chi connectivity index (χ0v) is 10.7. The van der Waals surface area contributed by atoms with Crippen LogP contribution < -0.4 is 5.32 Å². The number of fused-ring (bicyclic) bond motifs is 2. The molecular weight excluding hydrogens is 238 g/mol. The lowest BCUT2D eigenvalue weighted by Gasteiger charge is -2.21. The van der Waals surface area contributed by atoms with Gasteiger partial charge in [-0.3, -0.25) is 0 Å². The van der Waals surface area contributed by atoms with Crippen molar-refractivity contribution in [3.05, 3.63) is 53.4 Å². The first-order chi connectivity index (χ1) is 9.33. The summed E-state index contributed by atoms with van der Waals surface area (Å²) in [7, 11) is 0. The molecule has 0 amide bonds. The molecule has 96 valence electrons. The van der Waals surface area contributed by atoms with E-state index in [1.54, 1.807) is 6.33 Å². The van der Waals surface area contributed by atoms with Crippen LogP contribution in [-0.2, 0) is 6.42 Å². The van der Waals surface area contributed by atoms with Crippen LogP contribution in [0.5, 0.6) is 0 Å². The molecule has 0 bridgehead atoms. The van der Waals surface area contributed by atoms with E-state index in [2.05, 4.69) is 39.4 Å². The Hall–Kier alpha value is -2.14. The van der Waals surface area contributed by atoms with Crippen LogP contribution in [0.15, 0.2) is 30.7 Å². The number of imidazole rings is 1. The van der Waals surface area contributed by atoms with Gasteiger partial charge in [0, 0.05) is 24.9 Å². The topological polar surface area (TPSA) is 58.0 Å². The van der Waals surface area contributed by atoms with Crippen molar-refractivity contribution >= 4 is 5.52 Å². The first kappa shape index (κ1) is 10.8. The smallest absolute Gasteiger partial charge is 0.0962 e. The van der Waals surface area contributed by atoms with Gasteiger partial charge in [0.15, 0.2) is 0 Å². The fraction of sp³-hybridized carbons (Fsp3) is 0.286. The van der Waals surface area contributed by atoms with Crippen molar-refractivity contribution in [2.75, 3.05) is 6.54 Å². The van der Waals surface area contributed by atoms with Crippen molar-refractivity contribution in [3.63, 3.8) is 0 Å². The van der Waals surface area contributed by atoms with Crippen LogP contribution in [0.25, 0.3) is 5.52 Å². The predicted molar refractivity (Wildman–Crippen MR) is 72.1 cm³/mol. The van der Waals surface area contributed by atoms with E-state index in [0.29, 0.717) is 0 Å². The summed E-state index contributed by atoms with van der Waals surface area (Å²) in [5.41, 5.74) is 5.72. The summed E-state index contributed by atoms with van der Waals surface area (Å²) in [6.45, 7) is 3.06. The quantitative estimate of drug-likeness (QED) is 0.692. The van der Waals surface area contributed by atoms with Gasteiger partial charge in [0.1, 0.15) is 0 Å². The third-order valence-electron chi connectivity index (χ3n) is 3.78. The molecule has 4 rings (SSSR count). The van der Waals surface area contributed by atoms with Gasteiger partial charge in [-0.2, -0.15) is 5.10 Å². The number of H-pyrrole nitrogens is 1. The van der Waals surface area contributed by atoms with E-state index >= 15 is 0 Å². The first-order valence-electron chi connectivity index (χ1n) is 6.53. The summed E-state index contributed by atoms with van der Waals surface area (Å²) >= 11 is 0. The molecule has 1 aliphatic heterocycles. The molecular formula is C14H15N5. The van der Waals surface area contributed by atoms with E-state index in [1.165, 1.54) is 11.3 Å². The molecule has 3 aromatic rings. The third-order valence-corrected chi connectivity index (χ3v) is 3.78. The molecule has 5 heteroatoms. The monoisotopic (exact) mass is 253 g/mol. The molecule has 1 atom stereocenters. The minimum absolute atomic E-state index is 0.0919. The van der Waals surface area contributed by atoms with E-state index in [-0.39, 0.29) is 6.04 Å². The predicted octanol–water partition coefficient (Wildman–Crippen LogP) is 1.60. The van der Waals surface area contributed by atoms with Gasteiger partial charge in [0.2, 0.25) is 0 Å². The van der Waals surface area contributed by atoms with Crippen LogP contribution in [0.2, 0.25) is 0 Å². The van der Waals surface area contributed by atoms with Crippen molar-refractivity contribution in [2.24, 2.45) is 0 Å². The number of rotatable bonds is 1. The molecule has 19 heavy (non-hydrogen) atoms. The lowest BCUT2D eigenvalue weighted by Crippen LogP contribution is -2.31. The minimum Gasteiger partial charge on any atom is -0.348 e. The van der Waals surface area contributed by atoms with E-state index in [4.69, 9.17) is 0 Å². The van der Waals surface area contributed by atoms with Crippen LogP contribution in [-0.4, -0.2) is 26.1 Å². The van der Waals surface area contributed by atoms with E-state index in [9.17, 15) is 0 Å². The summed E-state index contributed by atoms with van der Waals surface area (Å²) in [5, 5.41) is 8.18. The van der Waals surface area contributed by atoms with Gasteiger partial charge in [-0.25, -0.2) is 9.50 Å². The Labute approximate surface area is 110 Å². The highest BCUT2D eigenvalue weighted by atomic mass is 15.2. The van der Waals surface area contributed by atoms with Gasteiger partial charge in [0.25, 0.3) is 0 Å². The lowest BCUT2D eigenvalue weighted by molar-refractivity contribution is 0.540. The van der Waals surface area contributed by atoms with Gasteiger partial charge in [0.05, 0.1) is 29.3 Å². The molecule has 4 heterocycles. The summed E-state index contributed by atoms with van der Waals surface area (Å²) < 4.78 is 1.94. The molecule has 0 aliphatic carbocycles. The van der Waals surface area contributed by atoms with Crippen LogP contribution >= 0.6 is 0 Å². The Morgan fingerprint density at radius 3 is 3.26 bits per heavy atom. The van der Waals surface area contributed by atoms with Gasteiger partial charge in [-0.1, -0.05) is 6.07 Å². The average Bonchev–Trinajstić information content (AvgIpc) is 3.05. The molecule has 1 unspecified atom stereocenters. The van der Waals surface area contributed by atoms with Gasteiger partial charge in [-0.15, -0.1) is 0 Å². The second-order valence-corrected chi connectivity index (χ2v) is 4.99. The molecule has 0 radical (unpaired) electrons. The highest BCUT2D eigenvalue weighted by molar-refractivity contribution is 5.55. The van der Waals surface area contributed by atoms with E-state index in [1.807, 2.05) is 16.8 Å². The van der Waals surface area contributed by atoms with Gasteiger partial charge in [-0.05, 0) is 24.6 Å². The second-order valence-electron chi connectivity index (χ2n) is 4.99. The van der Waals surface area contributed by atoms with Crippen molar-refractivity contribution in [1.82, 2.24) is 24.9 Å². The largest absolute Gasteiger partial charge is 0.348 e. The molecule has 5 nitrogen and oxygen atoms in total. The number of aromatic amines is 1. The first-order valence-corrected chi connectivity index (χ1v) is 6.53. The zero-order valence-electron chi connectivity index (χ0n) is 10.7. The number of hydrogen-bond acceptors (Lipinski definition) is 3. The number of aromatic nitrogens is 4. The highest BCUT2D eigenvalue weighted by Gasteiger charge is 2.25. The summed E-state index contributed by atoms with van der Waals surface area (Å²) in [6, 6.07) is 6.37. The normalized spacial score (nSPS) is 18.7. The maximum absolute atomic E-state index is 4.68. The van der Waals surface area contributed by atoms with Crippen LogP contribution in [0.4, 0.5) is 0 Å². The molecule has 2 N–H and O–H groups in total. The molecule has 3 aromatic heterocycles. The average molecular weight is 253 g/mol. The van der Waals surface area contributed by atoms with Crippen LogP contribution in [0, 0.1) is 6.92 Å². The van der Waals surface area contributed by atoms with E-state index in [0.717, 1.165) is 29.9 Å². The maximum atomic E-state index is 4.68. The zero-order chi connectivity index (χ0) is 12.8. The third kappa shape index (κ3) is 1.58.